The summed E-state index contributed by atoms with van der Waals surface area (Å²) in [7, 11) is 3.46. The molecular formula is C21H27N7O. The van der Waals surface area contributed by atoms with E-state index in [9.17, 15) is 4.79 Å². The van der Waals surface area contributed by atoms with E-state index in [4.69, 9.17) is 0 Å². The molecule has 2 amide bonds. The smallest absolute Gasteiger partial charge is 0.317 e. The molecule has 8 heteroatoms. The Hall–Kier alpha value is -3.13. The van der Waals surface area contributed by atoms with Crippen LogP contribution < -0.4 is 5.32 Å². The highest BCUT2D eigenvalue weighted by Gasteiger charge is 2.19. The molecule has 3 heterocycles. The Balaban J connectivity index is 1.40. The molecule has 1 aliphatic heterocycles. The van der Waals surface area contributed by atoms with Gasteiger partial charge in [0.15, 0.2) is 0 Å². The van der Waals surface area contributed by atoms with Crippen molar-refractivity contribution in [2.75, 3.05) is 20.6 Å². The molecule has 3 aromatic rings. The van der Waals surface area contributed by atoms with Crippen molar-refractivity contribution in [2.24, 2.45) is 0 Å². The van der Waals surface area contributed by atoms with E-state index in [-0.39, 0.29) is 6.03 Å². The van der Waals surface area contributed by atoms with E-state index in [0.717, 1.165) is 38.4 Å². The van der Waals surface area contributed by atoms with Crippen LogP contribution in [0.1, 0.15) is 22.5 Å². The van der Waals surface area contributed by atoms with Gasteiger partial charge in [0.1, 0.15) is 0 Å². The van der Waals surface area contributed by atoms with Gasteiger partial charge in [-0.15, -0.1) is 0 Å². The number of amides is 2. The molecule has 4 rings (SSSR count). The Labute approximate surface area is 170 Å². The largest absolute Gasteiger partial charge is 0.332 e. The molecule has 0 spiro atoms. The van der Waals surface area contributed by atoms with Gasteiger partial charge in [0.25, 0.3) is 0 Å². The molecule has 0 bridgehead atoms. The average molecular weight is 393 g/mol. The van der Waals surface area contributed by atoms with E-state index < -0.39 is 0 Å². The van der Waals surface area contributed by atoms with Crippen LogP contribution in [0, 0.1) is 0 Å². The third kappa shape index (κ3) is 4.65. The van der Waals surface area contributed by atoms with Crippen molar-refractivity contribution >= 4 is 6.03 Å². The molecule has 0 atom stereocenters. The van der Waals surface area contributed by atoms with Gasteiger partial charge in [0, 0.05) is 46.1 Å². The first-order valence-corrected chi connectivity index (χ1v) is 9.86. The van der Waals surface area contributed by atoms with Crippen LogP contribution in [0.25, 0.3) is 0 Å². The van der Waals surface area contributed by atoms with Crippen molar-refractivity contribution < 1.29 is 4.79 Å². The number of urea groups is 1. The fourth-order valence-corrected chi connectivity index (χ4v) is 3.60. The van der Waals surface area contributed by atoms with Crippen molar-refractivity contribution in [2.45, 2.75) is 32.7 Å². The lowest BCUT2D eigenvalue weighted by Crippen LogP contribution is -2.34. The predicted octanol–water partition coefficient (Wildman–Crippen LogP) is 1.91. The molecule has 0 saturated heterocycles. The second kappa shape index (κ2) is 8.48. The van der Waals surface area contributed by atoms with Crippen LogP contribution in [0.3, 0.4) is 0 Å². The van der Waals surface area contributed by atoms with Crippen LogP contribution in [0.4, 0.5) is 4.79 Å². The lowest BCUT2D eigenvalue weighted by atomic mass is 10.1. The molecule has 0 aliphatic carbocycles. The van der Waals surface area contributed by atoms with Gasteiger partial charge in [-0.3, -0.25) is 14.3 Å². The number of benzene rings is 1. The molecule has 2 aromatic heterocycles. The molecule has 152 valence electrons. The summed E-state index contributed by atoms with van der Waals surface area (Å²) in [6, 6.07) is 12.5. The van der Waals surface area contributed by atoms with Crippen LogP contribution in [0.5, 0.6) is 0 Å². The number of nitrogens with one attached hydrogen (secondary N) is 1. The highest BCUT2D eigenvalue weighted by molar-refractivity contribution is 5.73. The van der Waals surface area contributed by atoms with Gasteiger partial charge >= 0.3 is 6.03 Å². The zero-order valence-corrected chi connectivity index (χ0v) is 17.0. The van der Waals surface area contributed by atoms with E-state index in [0.29, 0.717) is 6.54 Å². The minimum Gasteiger partial charge on any atom is -0.332 e. The van der Waals surface area contributed by atoms with Crippen LogP contribution >= 0.6 is 0 Å². The van der Waals surface area contributed by atoms with E-state index in [1.807, 2.05) is 23.1 Å². The molecule has 1 aromatic carbocycles. The lowest BCUT2D eigenvalue weighted by Gasteiger charge is -2.28. The van der Waals surface area contributed by atoms with Gasteiger partial charge in [-0.1, -0.05) is 24.3 Å². The first-order chi connectivity index (χ1) is 14.1. The maximum absolute atomic E-state index is 11.7. The monoisotopic (exact) mass is 393 g/mol. The average Bonchev–Trinajstić information content (AvgIpc) is 3.36. The Bertz CT molecular complexity index is 961. The van der Waals surface area contributed by atoms with Crippen LogP contribution in [-0.2, 0) is 32.7 Å². The van der Waals surface area contributed by atoms with Gasteiger partial charge in [-0.2, -0.15) is 10.2 Å². The number of hydrogen-bond acceptors (Lipinski definition) is 4. The van der Waals surface area contributed by atoms with E-state index in [2.05, 4.69) is 55.4 Å². The van der Waals surface area contributed by atoms with E-state index >= 15 is 0 Å². The molecule has 1 N–H and O–H groups in total. The molecular weight excluding hydrogens is 366 g/mol. The van der Waals surface area contributed by atoms with Gasteiger partial charge < -0.3 is 10.2 Å². The molecule has 0 radical (unpaired) electrons. The second-order valence-electron chi connectivity index (χ2n) is 7.59. The summed E-state index contributed by atoms with van der Waals surface area (Å²) in [5, 5.41) is 11.8. The van der Waals surface area contributed by atoms with Crippen molar-refractivity contribution in [3.8, 4) is 0 Å². The highest BCUT2D eigenvalue weighted by Crippen LogP contribution is 2.19. The van der Waals surface area contributed by atoms with Gasteiger partial charge in [-0.25, -0.2) is 4.79 Å². The second-order valence-corrected chi connectivity index (χ2v) is 7.59. The number of fused-ring (bicyclic) bond motifs is 1. The summed E-state index contributed by atoms with van der Waals surface area (Å²) in [4.78, 5) is 15.7. The normalized spacial score (nSPS) is 13.9. The molecule has 8 nitrogen and oxygen atoms in total. The van der Waals surface area contributed by atoms with Gasteiger partial charge in [-0.05, 0) is 23.3 Å². The summed E-state index contributed by atoms with van der Waals surface area (Å²) in [6.45, 7) is 4.79. The molecule has 0 unspecified atom stereocenters. The molecule has 1 aliphatic rings. The first-order valence-electron chi connectivity index (χ1n) is 9.86. The number of nitrogens with zero attached hydrogens (tertiary/aromatic N) is 6. The van der Waals surface area contributed by atoms with Gasteiger partial charge in [0.2, 0.25) is 0 Å². The third-order valence-electron chi connectivity index (χ3n) is 5.16. The summed E-state index contributed by atoms with van der Waals surface area (Å²) < 4.78 is 4.02. The fourth-order valence-electron chi connectivity index (χ4n) is 3.60. The lowest BCUT2D eigenvalue weighted by molar-refractivity contribution is 0.204. The fraction of sp³-hybridized carbons (Fsp3) is 0.381. The molecule has 29 heavy (non-hydrogen) atoms. The Morgan fingerprint density at radius 3 is 2.66 bits per heavy atom. The summed E-state index contributed by atoms with van der Waals surface area (Å²) in [6.07, 6.45) is 3.81. The molecule has 0 fully saturated rings. The quantitative estimate of drug-likeness (QED) is 0.695. The topological polar surface area (TPSA) is 71.2 Å². The van der Waals surface area contributed by atoms with Crippen molar-refractivity contribution in [1.29, 1.82) is 0 Å². The minimum atomic E-state index is -0.105. The van der Waals surface area contributed by atoms with Crippen molar-refractivity contribution in [3.63, 3.8) is 0 Å². The van der Waals surface area contributed by atoms with Crippen molar-refractivity contribution in [1.82, 2.24) is 34.7 Å². The first kappa shape index (κ1) is 19.2. The number of carbonyl (C=O) groups excluding carboxylic acids is 1. The van der Waals surface area contributed by atoms with Crippen LogP contribution in [0.2, 0.25) is 0 Å². The van der Waals surface area contributed by atoms with Crippen LogP contribution in [0.15, 0.2) is 48.8 Å². The Kier molecular flexibility index (Phi) is 5.62. The van der Waals surface area contributed by atoms with Crippen molar-refractivity contribution in [3.05, 3.63) is 71.3 Å². The third-order valence-corrected chi connectivity index (χ3v) is 5.16. The van der Waals surface area contributed by atoms with Crippen LogP contribution in [-0.4, -0.2) is 56.0 Å². The maximum atomic E-state index is 11.7. The van der Waals surface area contributed by atoms with E-state index in [1.54, 1.807) is 14.1 Å². The number of carbonyl (C=O) groups is 1. The predicted molar refractivity (Wildman–Crippen MR) is 110 cm³/mol. The summed E-state index contributed by atoms with van der Waals surface area (Å²) in [5.41, 5.74) is 4.71. The SMILES string of the molecule is CN(C)C(=O)NCc1cc2n(n1)CCN(Cc1ccccc1Cn1cccn1)C2. The Morgan fingerprint density at radius 1 is 1.14 bits per heavy atom. The highest BCUT2D eigenvalue weighted by atomic mass is 16.2. The van der Waals surface area contributed by atoms with Gasteiger partial charge in [0.05, 0.1) is 31.0 Å². The number of aromatic nitrogens is 4. The zero-order chi connectivity index (χ0) is 20.2. The zero-order valence-electron chi connectivity index (χ0n) is 17.0. The molecule has 0 saturated carbocycles. The number of rotatable bonds is 6. The number of hydrogen-bond donors (Lipinski definition) is 1. The minimum absolute atomic E-state index is 0.105. The standard InChI is InChI=1S/C21H27N7O/c1-25(2)21(29)22-13-19-12-20-16-26(10-11-28(20)24-19)14-17-6-3-4-7-18(17)15-27-9-5-8-23-27/h3-9,12H,10-11,13-16H2,1-2H3,(H,22,29). The summed E-state index contributed by atoms with van der Waals surface area (Å²) in [5.74, 6) is 0. The maximum Gasteiger partial charge on any atom is 0.317 e. The van der Waals surface area contributed by atoms with E-state index in [1.165, 1.54) is 21.7 Å². The summed E-state index contributed by atoms with van der Waals surface area (Å²) >= 11 is 0. The Morgan fingerprint density at radius 2 is 1.93 bits per heavy atom.